The number of carbonyl (C=O) groups excluding carboxylic acids is 1. The lowest BCUT2D eigenvalue weighted by molar-refractivity contribution is -0.385. The molecule has 0 unspecified atom stereocenters. The quantitative estimate of drug-likeness (QED) is 0.429. The number of nitrogens with zero attached hydrogens (tertiary/aromatic N) is 2. The lowest BCUT2D eigenvalue weighted by Crippen LogP contribution is -2.41. The molecule has 0 radical (unpaired) electrons. The van der Waals surface area contributed by atoms with Crippen molar-refractivity contribution in [1.82, 2.24) is 15.2 Å². The van der Waals surface area contributed by atoms with E-state index in [9.17, 15) is 14.9 Å². The van der Waals surface area contributed by atoms with Gasteiger partial charge in [-0.05, 0) is 11.6 Å². The zero-order valence-corrected chi connectivity index (χ0v) is 17.3. The van der Waals surface area contributed by atoms with Crippen LogP contribution in [0.3, 0.4) is 0 Å². The van der Waals surface area contributed by atoms with Crippen molar-refractivity contribution in [2.24, 2.45) is 0 Å². The number of nitrogens with one attached hydrogen (secondary N) is 2. The average molecular weight is 422 g/mol. The van der Waals surface area contributed by atoms with E-state index in [1.165, 1.54) is 6.07 Å². The number of carbonyl (C=O) groups is 1. The summed E-state index contributed by atoms with van der Waals surface area (Å²) in [5.74, 6) is -0.553. The summed E-state index contributed by atoms with van der Waals surface area (Å²) in [7, 11) is 0. The van der Waals surface area contributed by atoms with Crippen LogP contribution in [-0.4, -0.2) is 60.1 Å². The molecular formula is C23H26N4O4. The van der Waals surface area contributed by atoms with Crippen LogP contribution in [0.4, 0.5) is 5.69 Å². The number of benzene rings is 2. The molecule has 1 aliphatic rings. The third-order valence-corrected chi connectivity index (χ3v) is 5.75. The van der Waals surface area contributed by atoms with Crippen molar-refractivity contribution in [1.29, 1.82) is 0 Å². The Morgan fingerprint density at radius 1 is 1.13 bits per heavy atom. The summed E-state index contributed by atoms with van der Waals surface area (Å²) in [6.45, 7) is 4.46. The number of hydrogen-bond acceptors (Lipinski definition) is 5. The Bertz CT molecular complexity index is 1060. The molecule has 8 nitrogen and oxygen atoms in total. The molecule has 1 fully saturated rings. The number of rotatable bonds is 8. The highest BCUT2D eigenvalue weighted by atomic mass is 16.6. The molecule has 2 N–H and O–H groups in total. The molecule has 0 saturated carbocycles. The summed E-state index contributed by atoms with van der Waals surface area (Å²) in [4.78, 5) is 29.6. The lowest BCUT2D eigenvalue weighted by atomic mass is 9.87. The summed E-state index contributed by atoms with van der Waals surface area (Å²) in [5.41, 5.74) is 2.39. The number of aromatic amines is 1. The first-order valence-corrected chi connectivity index (χ1v) is 10.5. The molecule has 2 aromatic carbocycles. The number of ether oxygens (including phenoxy) is 1. The van der Waals surface area contributed by atoms with E-state index >= 15 is 0 Å². The van der Waals surface area contributed by atoms with Crippen LogP contribution in [-0.2, 0) is 9.53 Å². The molecule has 3 aromatic rings. The SMILES string of the molecule is O=C(C[C@H](c1ccccc1[N+](=O)[O-])c1c[nH]c2ccccc12)NCCN1CCOCC1. The van der Waals surface area contributed by atoms with Gasteiger partial charge in [0.25, 0.3) is 5.69 Å². The van der Waals surface area contributed by atoms with Crippen LogP contribution < -0.4 is 5.32 Å². The van der Waals surface area contributed by atoms with Crippen molar-refractivity contribution in [2.75, 3.05) is 39.4 Å². The van der Waals surface area contributed by atoms with Crippen LogP contribution in [0.1, 0.15) is 23.5 Å². The maximum Gasteiger partial charge on any atom is 0.273 e. The maximum atomic E-state index is 12.8. The van der Waals surface area contributed by atoms with Crippen LogP contribution in [0.15, 0.2) is 54.7 Å². The molecule has 8 heteroatoms. The van der Waals surface area contributed by atoms with Crippen LogP contribution >= 0.6 is 0 Å². The summed E-state index contributed by atoms with van der Waals surface area (Å²) < 4.78 is 5.35. The smallest absolute Gasteiger partial charge is 0.273 e. The van der Waals surface area contributed by atoms with Gasteiger partial charge < -0.3 is 15.0 Å². The number of amides is 1. The highest BCUT2D eigenvalue weighted by Crippen LogP contribution is 2.37. The first-order valence-electron chi connectivity index (χ1n) is 10.5. The zero-order valence-electron chi connectivity index (χ0n) is 17.3. The van der Waals surface area contributed by atoms with E-state index in [-0.39, 0.29) is 22.9 Å². The Balaban J connectivity index is 1.56. The van der Waals surface area contributed by atoms with Gasteiger partial charge in [-0.3, -0.25) is 19.8 Å². The number of H-pyrrole nitrogens is 1. The van der Waals surface area contributed by atoms with E-state index in [2.05, 4.69) is 15.2 Å². The van der Waals surface area contributed by atoms with Crippen LogP contribution in [0.5, 0.6) is 0 Å². The molecule has 1 saturated heterocycles. The predicted octanol–water partition coefficient (Wildman–Crippen LogP) is 3.05. The molecule has 0 aliphatic carbocycles. The molecule has 1 aliphatic heterocycles. The van der Waals surface area contributed by atoms with Gasteiger partial charge in [-0.15, -0.1) is 0 Å². The van der Waals surface area contributed by atoms with Crippen molar-refractivity contribution in [3.05, 3.63) is 76.0 Å². The second-order valence-electron chi connectivity index (χ2n) is 7.67. The first-order chi connectivity index (χ1) is 15.1. The molecule has 1 amide bonds. The third-order valence-electron chi connectivity index (χ3n) is 5.75. The Morgan fingerprint density at radius 2 is 1.87 bits per heavy atom. The number of para-hydroxylation sites is 2. The number of hydrogen-bond donors (Lipinski definition) is 2. The van der Waals surface area contributed by atoms with Crippen molar-refractivity contribution in [3.63, 3.8) is 0 Å². The molecule has 4 rings (SSSR count). The van der Waals surface area contributed by atoms with Crippen molar-refractivity contribution >= 4 is 22.5 Å². The summed E-state index contributed by atoms with van der Waals surface area (Å²) in [5, 5.41) is 15.6. The summed E-state index contributed by atoms with van der Waals surface area (Å²) in [6.07, 6.45) is 1.99. The second kappa shape index (κ2) is 9.72. The van der Waals surface area contributed by atoms with E-state index < -0.39 is 5.92 Å². The highest BCUT2D eigenvalue weighted by molar-refractivity contribution is 5.86. The number of morpholine rings is 1. The Hall–Kier alpha value is -3.23. The Kier molecular flexibility index (Phi) is 6.59. The fourth-order valence-electron chi connectivity index (χ4n) is 4.15. The largest absolute Gasteiger partial charge is 0.379 e. The van der Waals surface area contributed by atoms with Crippen LogP contribution in [0.25, 0.3) is 10.9 Å². The lowest BCUT2D eigenvalue weighted by Gasteiger charge is -2.26. The standard InChI is InChI=1S/C23H26N4O4/c28-23(24-9-10-26-11-13-31-14-12-26)15-19(18-6-2-4-8-22(18)27(29)30)20-16-25-21-7-3-1-5-17(20)21/h1-8,16,19,25H,9-15H2,(H,24,28)/t19-/m1/s1. The average Bonchev–Trinajstić information content (AvgIpc) is 3.22. The molecule has 31 heavy (non-hydrogen) atoms. The van der Waals surface area contributed by atoms with E-state index in [1.807, 2.05) is 30.5 Å². The van der Waals surface area contributed by atoms with E-state index in [4.69, 9.17) is 4.74 Å². The van der Waals surface area contributed by atoms with Gasteiger partial charge in [-0.2, -0.15) is 0 Å². The first kappa shape index (κ1) is 21.0. The molecule has 1 aromatic heterocycles. The maximum absolute atomic E-state index is 12.8. The van der Waals surface area contributed by atoms with E-state index in [0.717, 1.165) is 36.1 Å². The van der Waals surface area contributed by atoms with E-state index in [1.54, 1.807) is 18.2 Å². The number of aromatic nitrogens is 1. The molecule has 0 spiro atoms. The van der Waals surface area contributed by atoms with Crippen molar-refractivity contribution < 1.29 is 14.5 Å². The van der Waals surface area contributed by atoms with Gasteiger partial charge >= 0.3 is 0 Å². The molecule has 0 bridgehead atoms. The normalized spacial score (nSPS) is 15.6. The minimum absolute atomic E-state index is 0.0268. The van der Waals surface area contributed by atoms with Crippen molar-refractivity contribution in [2.45, 2.75) is 12.3 Å². The monoisotopic (exact) mass is 422 g/mol. The van der Waals surface area contributed by atoms with Crippen molar-refractivity contribution in [3.8, 4) is 0 Å². The number of nitro benzene ring substituents is 1. The number of fused-ring (bicyclic) bond motifs is 1. The minimum Gasteiger partial charge on any atom is -0.379 e. The Labute approximate surface area is 180 Å². The van der Waals surface area contributed by atoms with Crippen LogP contribution in [0, 0.1) is 10.1 Å². The summed E-state index contributed by atoms with van der Waals surface area (Å²) in [6, 6.07) is 14.5. The van der Waals surface area contributed by atoms with Gasteiger partial charge in [0, 0.05) is 67.2 Å². The van der Waals surface area contributed by atoms with Gasteiger partial charge in [0.05, 0.1) is 18.1 Å². The van der Waals surface area contributed by atoms with Crippen LogP contribution in [0.2, 0.25) is 0 Å². The van der Waals surface area contributed by atoms with E-state index in [0.29, 0.717) is 25.3 Å². The topological polar surface area (TPSA) is 100 Å². The Morgan fingerprint density at radius 3 is 2.68 bits per heavy atom. The number of nitro groups is 1. The van der Waals surface area contributed by atoms with Gasteiger partial charge in [0.1, 0.15) is 0 Å². The zero-order chi connectivity index (χ0) is 21.6. The second-order valence-corrected chi connectivity index (χ2v) is 7.67. The van der Waals surface area contributed by atoms with Gasteiger partial charge in [0.15, 0.2) is 0 Å². The van der Waals surface area contributed by atoms with Gasteiger partial charge in [-0.25, -0.2) is 0 Å². The molecule has 1 atom stereocenters. The molecule has 2 heterocycles. The molecule has 162 valence electrons. The highest BCUT2D eigenvalue weighted by Gasteiger charge is 2.27. The third kappa shape index (κ3) is 4.92. The van der Waals surface area contributed by atoms with Gasteiger partial charge in [0.2, 0.25) is 5.91 Å². The minimum atomic E-state index is -0.430. The predicted molar refractivity (Wildman–Crippen MR) is 118 cm³/mol. The molecular weight excluding hydrogens is 396 g/mol. The fraction of sp³-hybridized carbons (Fsp3) is 0.348. The summed E-state index contributed by atoms with van der Waals surface area (Å²) >= 11 is 0. The van der Waals surface area contributed by atoms with Gasteiger partial charge in [-0.1, -0.05) is 36.4 Å². The fourth-order valence-corrected chi connectivity index (χ4v) is 4.15.